The van der Waals surface area contributed by atoms with Crippen LogP contribution in [0.1, 0.15) is 16.1 Å². The van der Waals surface area contributed by atoms with E-state index in [0.717, 1.165) is 5.56 Å². The second-order valence-electron chi connectivity index (χ2n) is 4.82. The van der Waals surface area contributed by atoms with Gasteiger partial charge in [0.2, 0.25) is 0 Å². The number of hydrogen-bond acceptors (Lipinski definition) is 6. The standard InChI is InChI=1S/C14H14FN7OS/c15-11-3-1-10(2-4-11)7-22-8-12(19-21-22)13(23)16-5-6-24-14-17-9-18-20-14/h1-4,8-9H,5-7H2,(H,16,23)(H,17,18,20). The van der Waals surface area contributed by atoms with Crippen molar-refractivity contribution < 1.29 is 9.18 Å². The minimum atomic E-state index is -0.293. The van der Waals surface area contributed by atoms with Crippen LogP contribution in [0.3, 0.4) is 0 Å². The molecule has 1 aromatic carbocycles. The Hall–Kier alpha value is -2.75. The molecule has 0 fully saturated rings. The van der Waals surface area contributed by atoms with E-state index < -0.39 is 0 Å². The fourth-order valence-electron chi connectivity index (χ4n) is 1.92. The number of amides is 1. The van der Waals surface area contributed by atoms with Crippen LogP contribution >= 0.6 is 11.8 Å². The van der Waals surface area contributed by atoms with Crippen molar-refractivity contribution in [1.29, 1.82) is 0 Å². The number of hydrogen-bond donors (Lipinski definition) is 2. The number of aromatic amines is 1. The van der Waals surface area contributed by atoms with Gasteiger partial charge < -0.3 is 5.32 Å². The van der Waals surface area contributed by atoms with Crippen LogP contribution in [0, 0.1) is 5.82 Å². The van der Waals surface area contributed by atoms with Gasteiger partial charge in [0.15, 0.2) is 10.9 Å². The normalized spacial score (nSPS) is 10.7. The largest absolute Gasteiger partial charge is 0.350 e. The molecule has 10 heteroatoms. The van der Waals surface area contributed by atoms with Crippen molar-refractivity contribution in [3.8, 4) is 0 Å². The molecular formula is C14H14FN7OS. The highest BCUT2D eigenvalue weighted by molar-refractivity contribution is 7.99. The van der Waals surface area contributed by atoms with E-state index >= 15 is 0 Å². The summed E-state index contributed by atoms with van der Waals surface area (Å²) in [6.07, 6.45) is 2.99. The third-order valence-electron chi connectivity index (χ3n) is 3.05. The quantitative estimate of drug-likeness (QED) is 0.490. The van der Waals surface area contributed by atoms with Gasteiger partial charge in [0, 0.05) is 12.3 Å². The molecule has 0 radical (unpaired) electrons. The second kappa shape index (κ2) is 7.68. The van der Waals surface area contributed by atoms with Gasteiger partial charge in [0.25, 0.3) is 5.91 Å². The van der Waals surface area contributed by atoms with Crippen LogP contribution in [-0.4, -0.2) is 48.4 Å². The van der Waals surface area contributed by atoms with Crippen LogP contribution in [0.15, 0.2) is 41.9 Å². The summed E-state index contributed by atoms with van der Waals surface area (Å²) in [4.78, 5) is 16.0. The lowest BCUT2D eigenvalue weighted by molar-refractivity contribution is 0.0951. The fourth-order valence-corrected chi connectivity index (χ4v) is 2.56. The van der Waals surface area contributed by atoms with Gasteiger partial charge in [-0.2, -0.15) is 5.10 Å². The van der Waals surface area contributed by atoms with Crippen LogP contribution < -0.4 is 5.32 Å². The monoisotopic (exact) mass is 347 g/mol. The Bertz CT molecular complexity index is 788. The van der Waals surface area contributed by atoms with E-state index in [1.807, 2.05) is 0 Å². The number of halogens is 1. The molecule has 2 heterocycles. The number of aromatic nitrogens is 6. The zero-order chi connectivity index (χ0) is 16.8. The molecule has 0 unspecified atom stereocenters. The molecule has 0 bridgehead atoms. The van der Waals surface area contributed by atoms with Crippen molar-refractivity contribution in [1.82, 2.24) is 35.5 Å². The molecule has 0 aliphatic rings. The van der Waals surface area contributed by atoms with Crippen molar-refractivity contribution in [2.75, 3.05) is 12.3 Å². The van der Waals surface area contributed by atoms with Crippen LogP contribution in [-0.2, 0) is 6.54 Å². The van der Waals surface area contributed by atoms with Gasteiger partial charge in [-0.15, -0.1) is 5.10 Å². The molecule has 0 spiro atoms. The lowest BCUT2D eigenvalue weighted by Gasteiger charge is -2.01. The molecule has 3 aromatic rings. The molecule has 0 aliphatic heterocycles. The number of benzene rings is 1. The molecule has 2 aromatic heterocycles. The molecule has 0 saturated heterocycles. The predicted octanol–water partition coefficient (Wildman–Crippen LogP) is 1.11. The number of nitrogens with one attached hydrogen (secondary N) is 2. The number of rotatable bonds is 7. The molecule has 0 saturated carbocycles. The Morgan fingerprint density at radius 2 is 2.17 bits per heavy atom. The van der Waals surface area contributed by atoms with E-state index in [9.17, 15) is 9.18 Å². The average Bonchev–Trinajstić information content (AvgIpc) is 3.25. The van der Waals surface area contributed by atoms with E-state index in [0.29, 0.717) is 24.0 Å². The Balaban J connectivity index is 1.47. The molecule has 0 atom stereocenters. The first kappa shape index (κ1) is 16.1. The summed E-state index contributed by atoms with van der Waals surface area (Å²) >= 11 is 1.46. The molecule has 1 amide bonds. The summed E-state index contributed by atoms with van der Waals surface area (Å²) in [5, 5.41) is 17.7. The van der Waals surface area contributed by atoms with Crippen molar-refractivity contribution in [3.63, 3.8) is 0 Å². The SMILES string of the molecule is O=C(NCCSc1ncn[nH]1)c1cn(Cc2ccc(F)cc2)nn1. The topological polar surface area (TPSA) is 101 Å². The van der Waals surface area contributed by atoms with Crippen molar-refractivity contribution in [3.05, 3.63) is 53.9 Å². The van der Waals surface area contributed by atoms with Gasteiger partial charge in [-0.05, 0) is 17.7 Å². The fraction of sp³-hybridized carbons (Fsp3) is 0.214. The van der Waals surface area contributed by atoms with Crippen molar-refractivity contribution >= 4 is 17.7 Å². The Morgan fingerprint density at radius 1 is 1.33 bits per heavy atom. The number of carbonyl (C=O) groups is 1. The maximum atomic E-state index is 12.9. The zero-order valence-corrected chi connectivity index (χ0v) is 13.3. The van der Waals surface area contributed by atoms with E-state index in [4.69, 9.17) is 0 Å². The smallest absolute Gasteiger partial charge is 0.273 e. The van der Waals surface area contributed by atoms with Crippen molar-refractivity contribution in [2.45, 2.75) is 11.7 Å². The first-order valence-corrected chi connectivity index (χ1v) is 8.10. The summed E-state index contributed by atoms with van der Waals surface area (Å²) in [5.41, 5.74) is 1.11. The predicted molar refractivity (Wildman–Crippen MR) is 85.0 cm³/mol. The Morgan fingerprint density at radius 3 is 2.92 bits per heavy atom. The van der Waals surface area contributed by atoms with Gasteiger partial charge in [-0.25, -0.2) is 14.1 Å². The van der Waals surface area contributed by atoms with Crippen molar-refractivity contribution in [2.24, 2.45) is 0 Å². The zero-order valence-electron chi connectivity index (χ0n) is 12.5. The van der Waals surface area contributed by atoms with E-state index in [2.05, 4.69) is 30.8 Å². The molecule has 3 rings (SSSR count). The summed E-state index contributed by atoms with van der Waals surface area (Å²) in [7, 11) is 0. The van der Waals surface area contributed by atoms with E-state index in [1.165, 1.54) is 34.9 Å². The maximum Gasteiger partial charge on any atom is 0.273 e. The highest BCUT2D eigenvalue weighted by atomic mass is 32.2. The van der Waals surface area contributed by atoms with Gasteiger partial charge in [-0.1, -0.05) is 29.1 Å². The van der Waals surface area contributed by atoms with Crippen LogP contribution in [0.2, 0.25) is 0 Å². The van der Waals surface area contributed by atoms with E-state index in [1.54, 1.807) is 18.3 Å². The lowest BCUT2D eigenvalue weighted by atomic mass is 10.2. The minimum absolute atomic E-state index is 0.238. The lowest BCUT2D eigenvalue weighted by Crippen LogP contribution is -2.26. The molecule has 124 valence electrons. The highest BCUT2D eigenvalue weighted by Crippen LogP contribution is 2.09. The number of H-pyrrole nitrogens is 1. The van der Waals surface area contributed by atoms with E-state index in [-0.39, 0.29) is 17.4 Å². The highest BCUT2D eigenvalue weighted by Gasteiger charge is 2.10. The second-order valence-corrected chi connectivity index (χ2v) is 5.91. The summed E-state index contributed by atoms with van der Waals surface area (Å²) in [6.45, 7) is 0.886. The van der Waals surface area contributed by atoms with Crippen LogP contribution in [0.5, 0.6) is 0 Å². The number of carbonyl (C=O) groups excluding carboxylic acids is 1. The Labute approximate surface area is 140 Å². The maximum absolute atomic E-state index is 12.9. The third-order valence-corrected chi connectivity index (χ3v) is 3.93. The summed E-state index contributed by atoms with van der Waals surface area (Å²) in [6, 6.07) is 6.09. The van der Waals surface area contributed by atoms with Gasteiger partial charge in [0.1, 0.15) is 12.1 Å². The number of thioether (sulfide) groups is 1. The van der Waals surface area contributed by atoms with Crippen LogP contribution in [0.4, 0.5) is 4.39 Å². The van der Waals surface area contributed by atoms with Gasteiger partial charge in [-0.3, -0.25) is 9.89 Å². The average molecular weight is 347 g/mol. The van der Waals surface area contributed by atoms with Gasteiger partial charge >= 0.3 is 0 Å². The molecule has 24 heavy (non-hydrogen) atoms. The first-order chi connectivity index (χ1) is 11.7. The minimum Gasteiger partial charge on any atom is -0.350 e. The van der Waals surface area contributed by atoms with Crippen LogP contribution in [0.25, 0.3) is 0 Å². The van der Waals surface area contributed by atoms with Gasteiger partial charge in [0.05, 0.1) is 12.7 Å². The summed E-state index contributed by atoms with van der Waals surface area (Å²) < 4.78 is 14.4. The molecule has 0 aliphatic carbocycles. The third kappa shape index (κ3) is 4.38. The Kier molecular flexibility index (Phi) is 5.16. The molecule has 2 N–H and O–H groups in total. The summed E-state index contributed by atoms with van der Waals surface area (Å²) in [5.74, 6) is 0.0733. The first-order valence-electron chi connectivity index (χ1n) is 7.11. The molecular weight excluding hydrogens is 333 g/mol. The number of nitrogens with zero attached hydrogens (tertiary/aromatic N) is 5. The molecule has 8 nitrogen and oxygen atoms in total.